The molecule has 0 saturated carbocycles. The zero-order valence-corrected chi connectivity index (χ0v) is 18.0. The van der Waals surface area contributed by atoms with Crippen LogP contribution in [-0.2, 0) is 17.7 Å². The molecule has 0 radical (unpaired) electrons. The lowest BCUT2D eigenvalue weighted by Gasteiger charge is -2.31. The SMILES string of the molecule is CC(C)(C)OC(=O)N1CCc2c(ncnc2Oc2ccc(F)cc2C(F)CBr)C1. The second kappa shape index (κ2) is 8.61. The quantitative estimate of drug-likeness (QED) is 0.582. The summed E-state index contributed by atoms with van der Waals surface area (Å²) in [5.41, 5.74) is 0.875. The van der Waals surface area contributed by atoms with Crippen LogP contribution in [0.15, 0.2) is 24.5 Å². The predicted molar refractivity (Wildman–Crippen MR) is 106 cm³/mol. The van der Waals surface area contributed by atoms with Crippen molar-refractivity contribution in [2.24, 2.45) is 0 Å². The molecule has 6 nitrogen and oxygen atoms in total. The molecule has 2 heterocycles. The minimum Gasteiger partial charge on any atom is -0.444 e. The Morgan fingerprint density at radius 3 is 2.79 bits per heavy atom. The summed E-state index contributed by atoms with van der Waals surface area (Å²) in [5.74, 6) is -0.0871. The lowest BCUT2D eigenvalue weighted by Crippen LogP contribution is -2.40. The van der Waals surface area contributed by atoms with E-state index in [1.54, 1.807) is 4.90 Å². The summed E-state index contributed by atoms with van der Waals surface area (Å²) in [7, 11) is 0. The zero-order valence-electron chi connectivity index (χ0n) is 16.4. The van der Waals surface area contributed by atoms with E-state index in [4.69, 9.17) is 9.47 Å². The van der Waals surface area contributed by atoms with Gasteiger partial charge in [-0.2, -0.15) is 0 Å². The first-order valence-electron chi connectivity index (χ1n) is 9.16. The van der Waals surface area contributed by atoms with Gasteiger partial charge in [0, 0.05) is 23.0 Å². The van der Waals surface area contributed by atoms with Crippen molar-refractivity contribution in [2.45, 2.75) is 45.5 Å². The number of nitrogens with zero attached hydrogens (tertiary/aromatic N) is 3. The van der Waals surface area contributed by atoms with Crippen molar-refractivity contribution in [1.82, 2.24) is 14.9 Å². The Kier molecular flexibility index (Phi) is 6.36. The summed E-state index contributed by atoms with van der Waals surface area (Å²) in [5, 5.41) is 0.0134. The average Bonchev–Trinajstić information content (AvgIpc) is 2.67. The van der Waals surface area contributed by atoms with E-state index >= 15 is 0 Å². The Hall–Kier alpha value is -2.29. The van der Waals surface area contributed by atoms with Gasteiger partial charge in [-0.25, -0.2) is 23.5 Å². The third-order valence-electron chi connectivity index (χ3n) is 4.27. The molecule has 3 rings (SSSR count). The van der Waals surface area contributed by atoms with E-state index in [-0.39, 0.29) is 29.1 Å². The van der Waals surface area contributed by atoms with Crippen LogP contribution >= 0.6 is 15.9 Å². The topological polar surface area (TPSA) is 64.5 Å². The van der Waals surface area contributed by atoms with Crippen LogP contribution in [-0.4, -0.2) is 38.4 Å². The Bertz CT molecular complexity index is 905. The second-order valence-electron chi connectivity index (χ2n) is 7.66. The molecular weight excluding hydrogens is 448 g/mol. The highest BCUT2D eigenvalue weighted by molar-refractivity contribution is 9.09. The predicted octanol–water partition coefficient (Wildman–Crippen LogP) is 5.11. The molecule has 0 saturated heterocycles. The molecule has 0 aliphatic carbocycles. The van der Waals surface area contributed by atoms with Gasteiger partial charge in [0.05, 0.1) is 12.2 Å². The Labute approximate surface area is 176 Å². The van der Waals surface area contributed by atoms with Crippen molar-refractivity contribution in [3.8, 4) is 11.6 Å². The number of halogens is 3. The van der Waals surface area contributed by atoms with E-state index in [0.29, 0.717) is 18.7 Å². The largest absolute Gasteiger partial charge is 0.444 e. The number of amides is 1. The number of carbonyl (C=O) groups is 1. The van der Waals surface area contributed by atoms with Gasteiger partial charge in [0.25, 0.3) is 0 Å². The normalized spacial score (nSPS) is 14.9. The van der Waals surface area contributed by atoms with Gasteiger partial charge in [0.15, 0.2) is 0 Å². The number of aromatic nitrogens is 2. The molecule has 0 fully saturated rings. The van der Waals surface area contributed by atoms with Crippen molar-refractivity contribution in [1.29, 1.82) is 0 Å². The van der Waals surface area contributed by atoms with E-state index in [1.165, 1.54) is 18.5 Å². The van der Waals surface area contributed by atoms with Gasteiger partial charge in [0.2, 0.25) is 5.88 Å². The third kappa shape index (κ3) is 5.20. The smallest absolute Gasteiger partial charge is 0.410 e. The van der Waals surface area contributed by atoms with E-state index in [2.05, 4.69) is 25.9 Å². The van der Waals surface area contributed by atoms with Crippen LogP contribution in [0.2, 0.25) is 0 Å². The summed E-state index contributed by atoms with van der Waals surface area (Å²) in [6, 6.07) is 3.70. The number of ether oxygens (including phenoxy) is 2. The van der Waals surface area contributed by atoms with Gasteiger partial charge in [-0.05, 0) is 45.4 Å². The van der Waals surface area contributed by atoms with Crippen molar-refractivity contribution in [3.63, 3.8) is 0 Å². The first-order chi connectivity index (χ1) is 13.7. The van der Waals surface area contributed by atoms with Crippen LogP contribution < -0.4 is 4.74 Å². The fourth-order valence-electron chi connectivity index (χ4n) is 2.94. The zero-order chi connectivity index (χ0) is 21.2. The molecule has 1 atom stereocenters. The van der Waals surface area contributed by atoms with Gasteiger partial charge >= 0.3 is 6.09 Å². The number of hydrogen-bond acceptors (Lipinski definition) is 5. The standard InChI is InChI=1S/C20H22BrF2N3O3/c1-20(2,3)29-19(27)26-7-6-13-16(10-26)24-11-25-18(13)28-17-5-4-12(22)8-14(17)15(23)9-21/h4-5,8,11,15H,6-7,9-10H2,1-3H3. The second-order valence-corrected chi connectivity index (χ2v) is 8.31. The van der Waals surface area contributed by atoms with Crippen LogP contribution in [0.3, 0.4) is 0 Å². The molecule has 1 aliphatic heterocycles. The van der Waals surface area contributed by atoms with Crippen molar-refractivity contribution < 1.29 is 23.0 Å². The van der Waals surface area contributed by atoms with Gasteiger partial charge in [-0.3, -0.25) is 0 Å². The van der Waals surface area contributed by atoms with Crippen LogP contribution in [0.4, 0.5) is 13.6 Å². The fraction of sp³-hybridized carbons (Fsp3) is 0.450. The molecule has 1 unspecified atom stereocenters. The molecule has 1 aromatic heterocycles. The highest BCUT2D eigenvalue weighted by Gasteiger charge is 2.29. The monoisotopic (exact) mass is 469 g/mol. The van der Waals surface area contributed by atoms with Gasteiger partial charge in [-0.15, -0.1) is 0 Å². The first-order valence-corrected chi connectivity index (χ1v) is 10.3. The maximum Gasteiger partial charge on any atom is 0.410 e. The van der Waals surface area contributed by atoms with Gasteiger partial charge in [0.1, 0.15) is 29.7 Å². The highest BCUT2D eigenvalue weighted by Crippen LogP contribution is 2.35. The Morgan fingerprint density at radius 1 is 1.34 bits per heavy atom. The summed E-state index contributed by atoms with van der Waals surface area (Å²) in [4.78, 5) is 22.3. The summed E-state index contributed by atoms with van der Waals surface area (Å²) >= 11 is 3.07. The molecule has 1 amide bonds. The fourth-order valence-corrected chi connectivity index (χ4v) is 3.29. The van der Waals surface area contributed by atoms with Gasteiger partial charge < -0.3 is 14.4 Å². The summed E-state index contributed by atoms with van der Waals surface area (Å²) in [6.45, 7) is 6.09. The van der Waals surface area contributed by atoms with E-state index < -0.39 is 23.7 Å². The first kappa shape index (κ1) is 21.4. The molecule has 29 heavy (non-hydrogen) atoms. The minimum absolute atomic E-state index is 0.0134. The number of rotatable bonds is 4. The lowest BCUT2D eigenvalue weighted by atomic mass is 10.1. The minimum atomic E-state index is -1.43. The number of hydrogen-bond donors (Lipinski definition) is 0. The van der Waals surface area contributed by atoms with Gasteiger partial charge in [-0.1, -0.05) is 15.9 Å². The molecule has 156 valence electrons. The van der Waals surface area contributed by atoms with Crippen LogP contribution in [0.5, 0.6) is 11.6 Å². The molecule has 2 aromatic rings. The van der Waals surface area contributed by atoms with Crippen LogP contribution in [0.25, 0.3) is 0 Å². The molecule has 0 bridgehead atoms. The maximum absolute atomic E-state index is 14.2. The maximum atomic E-state index is 14.2. The van der Waals surface area contributed by atoms with E-state index in [1.807, 2.05) is 20.8 Å². The number of alkyl halides is 2. The lowest BCUT2D eigenvalue weighted by molar-refractivity contribution is 0.0219. The average molecular weight is 470 g/mol. The van der Waals surface area contributed by atoms with E-state index in [9.17, 15) is 13.6 Å². The molecular formula is C20H22BrF2N3O3. The van der Waals surface area contributed by atoms with Crippen LogP contribution in [0.1, 0.15) is 43.8 Å². The van der Waals surface area contributed by atoms with Crippen molar-refractivity contribution in [2.75, 3.05) is 11.9 Å². The van der Waals surface area contributed by atoms with Crippen LogP contribution in [0, 0.1) is 5.82 Å². The summed E-state index contributed by atoms with van der Waals surface area (Å²) in [6.07, 6.45) is -0.0600. The van der Waals surface area contributed by atoms with Crippen molar-refractivity contribution >= 4 is 22.0 Å². The molecule has 0 spiro atoms. The Morgan fingerprint density at radius 2 is 2.10 bits per heavy atom. The number of benzene rings is 1. The number of carbonyl (C=O) groups excluding carboxylic acids is 1. The molecule has 0 N–H and O–H groups in total. The number of fused-ring (bicyclic) bond motifs is 1. The molecule has 9 heteroatoms. The van der Waals surface area contributed by atoms with E-state index in [0.717, 1.165) is 11.6 Å². The highest BCUT2D eigenvalue weighted by atomic mass is 79.9. The molecule has 1 aliphatic rings. The molecule has 1 aromatic carbocycles. The van der Waals surface area contributed by atoms with Crippen molar-refractivity contribution in [3.05, 3.63) is 47.2 Å². The Balaban J connectivity index is 1.84. The third-order valence-corrected chi connectivity index (χ3v) is 4.84. The summed E-state index contributed by atoms with van der Waals surface area (Å²) < 4.78 is 39.1.